The van der Waals surface area contributed by atoms with E-state index in [0.29, 0.717) is 32.2 Å². The first-order valence-corrected chi connectivity index (χ1v) is 8.87. The number of aryl methyl sites for hydroxylation is 2. The molecule has 0 radical (unpaired) electrons. The maximum atomic E-state index is 12.3. The zero-order chi connectivity index (χ0) is 17.1. The van der Waals surface area contributed by atoms with Gasteiger partial charge in [0.05, 0.1) is 12.2 Å². The second-order valence-corrected chi connectivity index (χ2v) is 6.93. The van der Waals surface area contributed by atoms with Gasteiger partial charge in [-0.1, -0.05) is 0 Å². The average molecular weight is 333 g/mol. The molecule has 3 rings (SSSR count). The molecule has 0 unspecified atom stereocenters. The van der Waals surface area contributed by atoms with Gasteiger partial charge in [-0.05, 0) is 45.6 Å². The van der Waals surface area contributed by atoms with E-state index in [0.717, 1.165) is 37.1 Å². The lowest BCUT2D eigenvalue weighted by atomic mass is 9.96. The molecule has 2 N–H and O–H groups in total. The van der Waals surface area contributed by atoms with Crippen LogP contribution in [0.1, 0.15) is 37.1 Å². The summed E-state index contributed by atoms with van der Waals surface area (Å²) in [5.74, 6) is 0.106. The van der Waals surface area contributed by atoms with Crippen molar-refractivity contribution in [1.82, 2.24) is 25.3 Å². The van der Waals surface area contributed by atoms with E-state index in [4.69, 9.17) is 0 Å². The lowest BCUT2D eigenvalue weighted by Gasteiger charge is -2.31. The Balaban J connectivity index is 1.37. The molecule has 1 aromatic heterocycles. The van der Waals surface area contributed by atoms with Crippen LogP contribution in [0.15, 0.2) is 6.07 Å². The molecular formula is C17H27N5O2. The highest BCUT2D eigenvalue weighted by molar-refractivity contribution is 5.79. The minimum atomic E-state index is 0.00966. The second kappa shape index (κ2) is 7.23. The number of piperidine rings is 1. The standard InChI is InChI=1S/C17H27N5O2/c1-12-11-13(2)22(20-12)10-7-18-16(23)14-5-8-21(9-6-14)17(24)19-15-3-4-15/h11,14-15H,3-10H2,1-2H3,(H,18,23)(H,19,24). The van der Waals surface area contributed by atoms with Gasteiger partial charge >= 0.3 is 6.03 Å². The van der Waals surface area contributed by atoms with Gasteiger partial charge in [0.2, 0.25) is 5.91 Å². The molecule has 0 bridgehead atoms. The molecule has 1 saturated carbocycles. The highest BCUT2D eigenvalue weighted by Crippen LogP contribution is 2.21. The molecular weight excluding hydrogens is 306 g/mol. The number of hydrogen-bond donors (Lipinski definition) is 2. The first-order chi connectivity index (χ1) is 11.5. The fourth-order valence-electron chi connectivity index (χ4n) is 3.17. The van der Waals surface area contributed by atoms with Gasteiger partial charge in [-0.3, -0.25) is 9.48 Å². The zero-order valence-corrected chi connectivity index (χ0v) is 14.5. The van der Waals surface area contributed by atoms with Gasteiger partial charge in [-0.15, -0.1) is 0 Å². The fraction of sp³-hybridized carbons (Fsp3) is 0.706. The Morgan fingerprint density at radius 2 is 1.92 bits per heavy atom. The average Bonchev–Trinajstić information content (AvgIpc) is 3.31. The number of nitrogens with zero attached hydrogens (tertiary/aromatic N) is 3. The predicted octanol–water partition coefficient (Wildman–Crippen LogP) is 1.20. The van der Waals surface area contributed by atoms with E-state index in [1.54, 1.807) is 0 Å². The molecule has 1 aromatic rings. The van der Waals surface area contributed by atoms with Crippen molar-refractivity contribution in [3.63, 3.8) is 0 Å². The molecule has 132 valence electrons. The summed E-state index contributed by atoms with van der Waals surface area (Å²) in [4.78, 5) is 26.1. The van der Waals surface area contributed by atoms with Gasteiger partial charge in [-0.2, -0.15) is 5.10 Å². The molecule has 2 aliphatic rings. The van der Waals surface area contributed by atoms with E-state index in [2.05, 4.69) is 15.7 Å². The largest absolute Gasteiger partial charge is 0.354 e. The van der Waals surface area contributed by atoms with Gasteiger partial charge in [-0.25, -0.2) is 4.79 Å². The quantitative estimate of drug-likeness (QED) is 0.850. The van der Waals surface area contributed by atoms with Crippen LogP contribution in [0.5, 0.6) is 0 Å². The third-order valence-corrected chi connectivity index (χ3v) is 4.78. The first kappa shape index (κ1) is 16.8. The Morgan fingerprint density at radius 3 is 2.50 bits per heavy atom. The highest BCUT2D eigenvalue weighted by atomic mass is 16.2. The number of nitrogens with one attached hydrogen (secondary N) is 2. The Bertz CT molecular complexity index is 600. The van der Waals surface area contributed by atoms with Crippen molar-refractivity contribution in [2.45, 2.75) is 52.1 Å². The van der Waals surface area contributed by atoms with E-state index < -0.39 is 0 Å². The molecule has 3 amide bonds. The summed E-state index contributed by atoms with van der Waals surface area (Å²) in [6.45, 7) is 6.58. The highest BCUT2D eigenvalue weighted by Gasteiger charge is 2.30. The van der Waals surface area contributed by atoms with E-state index in [-0.39, 0.29) is 17.9 Å². The SMILES string of the molecule is Cc1cc(C)n(CCNC(=O)C2CCN(C(=O)NC3CC3)CC2)n1. The summed E-state index contributed by atoms with van der Waals surface area (Å²) in [6.07, 6.45) is 3.67. The van der Waals surface area contributed by atoms with Gasteiger partial charge in [0.15, 0.2) is 0 Å². The topological polar surface area (TPSA) is 79.3 Å². The number of urea groups is 1. The number of carbonyl (C=O) groups excluding carboxylic acids is 2. The van der Waals surface area contributed by atoms with Crippen LogP contribution in [0.2, 0.25) is 0 Å². The number of aromatic nitrogens is 2. The summed E-state index contributed by atoms with van der Waals surface area (Å²) in [6, 6.07) is 2.44. The molecule has 2 fully saturated rings. The number of amides is 3. The van der Waals surface area contributed by atoms with Crippen molar-refractivity contribution in [2.75, 3.05) is 19.6 Å². The van der Waals surface area contributed by atoms with Crippen molar-refractivity contribution in [1.29, 1.82) is 0 Å². The summed E-state index contributed by atoms with van der Waals surface area (Å²) in [7, 11) is 0. The summed E-state index contributed by atoms with van der Waals surface area (Å²) in [5, 5.41) is 10.4. The van der Waals surface area contributed by atoms with Crippen LogP contribution in [-0.4, -0.2) is 52.3 Å². The minimum Gasteiger partial charge on any atom is -0.354 e. The van der Waals surface area contributed by atoms with Crippen LogP contribution in [0.4, 0.5) is 4.79 Å². The van der Waals surface area contributed by atoms with Gasteiger partial charge in [0, 0.05) is 37.3 Å². The molecule has 0 aromatic carbocycles. The molecule has 1 saturated heterocycles. The smallest absolute Gasteiger partial charge is 0.317 e. The normalized spacial score (nSPS) is 18.5. The van der Waals surface area contributed by atoms with Gasteiger partial charge in [0.25, 0.3) is 0 Å². The van der Waals surface area contributed by atoms with Crippen LogP contribution in [0.25, 0.3) is 0 Å². The molecule has 7 nitrogen and oxygen atoms in total. The molecule has 0 atom stereocenters. The Labute approximate surface area is 142 Å². The Hall–Kier alpha value is -2.05. The Morgan fingerprint density at radius 1 is 1.21 bits per heavy atom. The predicted molar refractivity (Wildman–Crippen MR) is 90.6 cm³/mol. The molecule has 7 heteroatoms. The molecule has 1 aliphatic carbocycles. The number of carbonyl (C=O) groups is 2. The van der Waals surface area contributed by atoms with Crippen LogP contribution < -0.4 is 10.6 Å². The molecule has 2 heterocycles. The third-order valence-electron chi connectivity index (χ3n) is 4.78. The second-order valence-electron chi connectivity index (χ2n) is 6.93. The maximum Gasteiger partial charge on any atom is 0.317 e. The van der Waals surface area contributed by atoms with Crippen LogP contribution in [0, 0.1) is 19.8 Å². The molecule has 1 aliphatic heterocycles. The Kier molecular flexibility index (Phi) is 5.06. The van der Waals surface area contributed by atoms with Gasteiger partial charge in [0.1, 0.15) is 0 Å². The van der Waals surface area contributed by atoms with Crippen LogP contribution in [0.3, 0.4) is 0 Å². The van der Waals surface area contributed by atoms with Crippen molar-refractivity contribution in [3.8, 4) is 0 Å². The molecule has 24 heavy (non-hydrogen) atoms. The number of rotatable bonds is 5. The van der Waals surface area contributed by atoms with Crippen molar-refractivity contribution < 1.29 is 9.59 Å². The van der Waals surface area contributed by atoms with Gasteiger partial charge < -0.3 is 15.5 Å². The van der Waals surface area contributed by atoms with E-state index in [1.807, 2.05) is 29.5 Å². The minimum absolute atomic E-state index is 0.00966. The fourth-order valence-corrected chi connectivity index (χ4v) is 3.17. The summed E-state index contributed by atoms with van der Waals surface area (Å²) in [5.41, 5.74) is 2.10. The lowest BCUT2D eigenvalue weighted by Crippen LogP contribution is -2.47. The van der Waals surface area contributed by atoms with E-state index in [1.165, 1.54) is 0 Å². The molecule has 0 spiro atoms. The van der Waals surface area contributed by atoms with Crippen LogP contribution in [-0.2, 0) is 11.3 Å². The first-order valence-electron chi connectivity index (χ1n) is 8.87. The number of likely N-dealkylation sites (tertiary alicyclic amines) is 1. The monoisotopic (exact) mass is 333 g/mol. The lowest BCUT2D eigenvalue weighted by molar-refractivity contribution is -0.126. The van der Waals surface area contributed by atoms with Crippen molar-refractivity contribution in [2.24, 2.45) is 5.92 Å². The van der Waals surface area contributed by atoms with E-state index >= 15 is 0 Å². The number of hydrogen-bond acceptors (Lipinski definition) is 3. The van der Waals surface area contributed by atoms with E-state index in [9.17, 15) is 9.59 Å². The third kappa shape index (κ3) is 4.27. The summed E-state index contributed by atoms with van der Waals surface area (Å²) < 4.78 is 1.92. The van der Waals surface area contributed by atoms with Crippen molar-refractivity contribution in [3.05, 3.63) is 17.5 Å². The van der Waals surface area contributed by atoms with Crippen molar-refractivity contribution >= 4 is 11.9 Å². The maximum absolute atomic E-state index is 12.3. The summed E-state index contributed by atoms with van der Waals surface area (Å²) >= 11 is 0. The zero-order valence-electron chi connectivity index (χ0n) is 14.5. The van der Waals surface area contributed by atoms with Crippen LogP contribution >= 0.6 is 0 Å².